The van der Waals surface area contributed by atoms with E-state index in [2.05, 4.69) is 16.4 Å². The van der Waals surface area contributed by atoms with Gasteiger partial charge in [-0.05, 0) is 37.8 Å². The number of carbonyl (C=O) groups is 1. The number of H-pyrrole nitrogens is 1. The smallest absolute Gasteiger partial charge is 0.227 e. The lowest BCUT2D eigenvalue weighted by molar-refractivity contribution is -0.123. The van der Waals surface area contributed by atoms with E-state index >= 15 is 0 Å². The number of amides is 1. The van der Waals surface area contributed by atoms with Gasteiger partial charge in [-0.1, -0.05) is 18.2 Å². The Morgan fingerprint density at radius 2 is 2.03 bits per heavy atom. The van der Waals surface area contributed by atoms with Gasteiger partial charge >= 0.3 is 0 Å². The van der Waals surface area contributed by atoms with Gasteiger partial charge in [-0.2, -0.15) is 0 Å². The number of hydrogen-bond acceptors (Lipinski definition) is 5. The summed E-state index contributed by atoms with van der Waals surface area (Å²) in [4.78, 5) is 28.1. The van der Waals surface area contributed by atoms with Crippen LogP contribution >= 0.6 is 0 Å². The first-order valence-electron chi connectivity index (χ1n) is 10.2. The number of aromatic nitrogens is 1. The van der Waals surface area contributed by atoms with E-state index in [1.54, 1.807) is 6.92 Å². The molecule has 1 aliphatic rings. The number of aromatic amines is 1. The van der Waals surface area contributed by atoms with Gasteiger partial charge in [0.2, 0.25) is 17.1 Å². The highest BCUT2D eigenvalue weighted by atomic mass is 16.5. The molecule has 0 unspecified atom stereocenters. The van der Waals surface area contributed by atoms with E-state index in [1.807, 2.05) is 24.4 Å². The largest absolute Gasteiger partial charge is 0.502 e. The third-order valence-electron chi connectivity index (χ3n) is 5.87. The van der Waals surface area contributed by atoms with Gasteiger partial charge in [0, 0.05) is 54.8 Å². The second-order valence-electron chi connectivity index (χ2n) is 7.93. The van der Waals surface area contributed by atoms with Crippen LogP contribution in [0.5, 0.6) is 5.75 Å². The zero-order valence-corrected chi connectivity index (χ0v) is 17.0. The normalized spacial score (nSPS) is 15.9. The molecule has 1 saturated heterocycles. The summed E-state index contributed by atoms with van der Waals surface area (Å²) in [5.41, 5.74) is 0.983. The van der Waals surface area contributed by atoms with E-state index in [9.17, 15) is 14.7 Å². The van der Waals surface area contributed by atoms with Crippen molar-refractivity contribution >= 4 is 16.8 Å². The minimum absolute atomic E-state index is 0.129. The highest BCUT2D eigenvalue weighted by Crippen LogP contribution is 2.41. The predicted molar refractivity (Wildman–Crippen MR) is 113 cm³/mol. The number of hydrogen-bond donors (Lipinski definition) is 3. The van der Waals surface area contributed by atoms with Gasteiger partial charge in [-0.15, -0.1) is 0 Å². The van der Waals surface area contributed by atoms with Crippen molar-refractivity contribution in [2.75, 3.05) is 19.8 Å². The van der Waals surface area contributed by atoms with Gasteiger partial charge in [-0.3, -0.25) is 9.59 Å². The van der Waals surface area contributed by atoms with E-state index in [1.165, 1.54) is 6.07 Å². The number of rotatable bonds is 6. The number of ether oxygens (including phenoxy) is 1. The van der Waals surface area contributed by atoms with Crippen LogP contribution in [0.15, 0.2) is 45.7 Å². The van der Waals surface area contributed by atoms with Crippen molar-refractivity contribution in [3.8, 4) is 5.75 Å². The first-order valence-corrected chi connectivity index (χ1v) is 10.2. The number of para-hydroxylation sites is 1. The molecule has 2 aromatic heterocycles. The first-order chi connectivity index (χ1) is 14.5. The molecule has 7 nitrogen and oxygen atoms in total. The van der Waals surface area contributed by atoms with Gasteiger partial charge in [0.1, 0.15) is 5.76 Å². The van der Waals surface area contributed by atoms with Crippen molar-refractivity contribution in [3.05, 3.63) is 63.8 Å². The maximum Gasteiger partial charge on any atom is 0.227 e. The second kappa shape index (κ2) is 8.36. The van der Waals surface area contributed by atoms with Gasteiger partial charge in [0.05, 0.1) is 0 Å². The molecule has 7 heteroatoms. The van der Waals surface area contributed by atoms with Gasteiger partial charge < -0.3 is 24.6 Å². The predicted octanol–water partition coefficient (Wildman–Crippen LogP) is 2.93. The summed E-state index contributed by atoms with van der Waals surface area (Å²) < 4.78 is 11.2. The third kappa shape index (κ3) is 3.98. The van der Waals surface area contributed by atoms with Crippen LogP contribution in [-0.4, -0.2) is 35.8 Å². The first kappa shape index (κ1) is 20.2. The Morgan fingerprint density at radius 1 is 1.27 bits per heavy atom. The zero-order valence-electron chi connectivity index (χ0n) is 17.0. The van der Waals surface area contributed by atoms with Crippen LogP contribution < -0.4 is 10.7 Å². The van der Waals surface area contributed by atoms with Crippen LogP contribution in [0.1, 0.15) is 36.3 Å². The summed E-state index contributed by atoms with van der Waals surface area (Å²) in [5.74, 6) is 0.0652. The topological polar surface area (TPSA) is 105 Å². The summed E-state index contributed by atoms with van der Waals surface area (Å²) in [6.07, 6.45) is 3.81. The fourth-order valence-electron chi connectivity index (χ4n) is 4.25. The maximum absolute atomic E-state index is 12.8. The van der Waals surface area contributed by atoms with E-state index in [4.69, 9.17) is 9.15 Å². The molecule has 1 fully saturated rings. The van der Waals surface area contributed by atoms with E-state index in [0.717, 1.165) is 16.5 Å². The fraction of sp³-hybridized carbons (Fsp3) is 0.391. The molecule has 0 spiro atoms. The van der Waals surface area contributed by atoms with Crippen molar-refractivity contribution in [1.29, 1.82) is 0 Å². The molecule has 158 valence electrons. The number of fused-ring (bicyclic) bond motifs is 1. The van der Waals surface area contributed by atoms with Crippen LogP contribution in [0, 0.1) is 6.92 Å². The van der Waals surface area contributed by atoms with E-state index in [0.29, 0.717) is 44.8 Å². The van der Waals surface area contributed by atoms with Gasteiger partial charge in [0.25, 0.3) is 0 Å². The molecule has 4 rings (SSSR count). The Balaban J connectivity index is 1.47. The molecule has 1 aromatic carbocycles. The standard InChI is InChI=1S/C23H26N2O5/c1-15-12-19(26)21(28)22(30-15)23(7-10-29-11-8-23)13-20(27)24-9-6-16-14-25-18-5-3-2-4-17(16)18/h2-5,12,14,25,28H,6-11,13H2,1H3,(H,24,27). The third-order valence-corrected chi connectivity index (χ3v) is 5.87. The number of nitrogens with one attached hydrogen (secondary N) is 2. The lowest BCUT2D eigenvalue weighted by atomic mass is 9.74. The van der Waals surface area contributed by atoms with Crippen molar-refractivity contribution < 1.29 is 19.1 Å². The molecule has 0 aliphatic carbocycles. The van der Waals surface area contributed by atoms with Crippen molar-refractivity contribution in [2.45, 2.75) is 38.0 Å². The molecule has 0 saturated carbocycles. The summed E-state index contributed by atoms with van der Waals surface area (Å²) >= 11 is 0. The molecular formula is C23H26N2O5. The molecule has 3 heterocycles. The summed E-state index contributed by atoms with van der Waals surface area (Å²) in [7, 11) is 0. The summed E-state index contributed by atoms with van der Waals surface area (Å²) in [6, 6.07) is 9.32. The number of benzene rings is 1. The molecule has 0 bridgehead atoms. The summed E-state index contributed by atoms with van der Waals surface area (Å²) in [6.45, 7) is 3.05. The van der Waals surface area contributed by atoms with Crippen molar-refractivity contribution in [1.82, 2.24) is 10.3 Å². The molecular weight excluding hydrogens is 384 g/mol. The Morgan fingerprint density at radius 3 is 2.83 bits per heavy atom. The molecule has 3 aromatic rings. The SMILES string of the molecule is Cc1cc(=O)c(O)c(C2(CC(=O)NCCc3c[nH]c4ccccc34)CCOCC2)o1. The lowest BCUT2D eigenvalue weighted by Gasteiger charge is -2.35. The quantitative estimate of drug-likeness (QED) is 0.580. The zero-order chi connectivity index (χ0) is 21.1. The molecule has 1 amide bonds. The van der Waals surface area contributed by atoms with Crippen LogP contribution in [0.2, 0.25) is 0 Å². The van der Waals surface area contributed by atoms with Crippen LogP contribution in [0.25, 0.3) is 10.9 Å². The highest BCUT2D eigenvalue weighted by molar-refractivity contribution is 5.83. The molecule has 0 atom stereocenters. The van der Waals surface area contributed by atoms with Gasteiger partial charge in [-0.25, -0.2) is 0 Å². The van der Waals surface area contributed by atoms with Crippen LogP contribution in [0.4, 0.5) is 0 Å². The van der Waals surface area contributed by atoms with Crippen LogP contribution in [-0.2, 0) is 21.4 Å². The maximum atomic E-state index is 12.8. The molecule has 0 radical (unpaired) electrons. The molecule has 1 aliphatic heterocycles. The van der Waals surface area contributed by atoms with Crippen molar-refractivity contribution in [3.63, 3.8) is 0 Å². The fourth-order valence-corrected chi connectivity index (χ4v) is 4.25. The molecule has 30 heavy (non-hydrogen) atoms. The number of aromatic hydroxyl groups is 1. The van der Waals surface area contributed by atoms with E-state index < -0.39 is 16.6 Å². The Hall–Kier alpha value is -3.06. The number of aryl methyl sites for hydroxylation is 1. The second-order valence-corrected chi connectivity index (χ2v) is 7.93. The lowest BCUT2D eigenvalue weighted by Crippen LogP contribution is -2.40. The number of carbonyl (C=O) groups excluding carboxylic acids is 1. The van der Waals surface area contributed by atoms with E-state index in [-0.39, 0.29) is 18.1 Å². The Labute approximate surface area is 174 Å². The Bertz CT molecular complexity index is 1110. The molecule has 3 N–H and O–H groups in total. The highest BCUT2D eigenvalue weighted by Gasteiger charge is 2.41. The average Bonchev–Trinajstić information content (AvgIpc) is 3.14. The summed E-state index contributed by atoms with van der Waals surface area (Å²) in [5, 5.41) is 14.5. The van der Waals surface area contributed by atoms with Crippen molar-refractivity contribution in [2.24, 2.45) is 0 Å². The monoisotopic (exact) mass is 410 g/mol. The minimum atomic E-state index is -0.752. The van der Waals surface area contributed by atoms with Gasteiger partial charge in [0.15, 0.2) is 5.76 Å². The Kier molecular flexibility index (Phi) is 5.63. The minimum Gasteiger partial charge on any atom is -0.502 e. The van der Waals surface area contributed by atoms with Crippen LogP contribution in [0.3, 0.4) is 0 Å². The average molecular weight is 410 g/mol.